The molecular formula is C8H4F4N2O. The Labute approximate surface area is 81.9 Å². The molecule has 0 spiro atoms. The zero-order valence-electron chi connectivity index (χ0n) is 7.18. The van der Waals surface area contributed by atoms with E-state index in [2.05, 4.69) is 9.72 Å². The lowest BCUT2D eigenvalue weighted by atomic mass is 10.2. The highest BCUT2D eigenvalue weighted by molar-refractivity contribution is 5.45. The van der Waals surface area contributed by atoms with Gasteiger partial charge in [0.2, 0.25) is 0 Å². The van der Waals surface area contributed by atoms with Crippen LogP contribution in [0.15, 0.2) is 12.3 Å². The van der Waals surface area contributed by atoms with Crippen LogP contribution in [0.25, 0.3) is 0 Å². The number of pyridine rings is 1. The van der Waals surface area contributed by atoms with Crippen LogP contribution in [-0.2, 0) is 6.67 Å². The van der Waals surface area contributed by atoms with Gasteiger partial charge in [0, 0.05) is 12.3 Å². The molecule has 0 aliphatic carbocycles. The van der Waals surface area contributed by atoms with Crippen LogP contribution in [-0.4, -0.2) is 11.3 Å². The molecular weight excluding hydrogens is 216 g/mol. The second-order valence-corrected chi connectivity index (χ2v) is 2.42. The third-order valence-electron chi connectivity index (χ3n) is 1.46. The Morgan fingerprint density at radius 3 is 2.60 bits per heavy atom. The summed E-state index contributed by atoms with van der Waals surface area (Å²) in [6.07, 6.45) is -3.97. The molecule has 0 atom stereocenters. The molecule has 0 fully saturated rings. The summed E-state index contributed by atoms with van der Waals surface area (Å²) in [4.78, 5) is 3.41. The molecule has 0 aliphatic heterocycles. The van der Waals surface area contributed by atoms with Crippen LogP contribution in [0, 0.1) is 11.3 Å². The summed E-state index contributed by atoms with van der Waals surface area (Å²) < 4.78 is 51.3. The molecule has 0 N–H and O–H groups in total. The highest BCUT2D eigenvalue weighted by Gasteiger charge is 2.32. The Bertz CT molecular complexity index is 397. The van der Waals surface area contributed by atoms with Crippen LogP contribution < -0.4 is 4.74 Å². The summed E-state index contributed by atoms with van der Waals surface area (Å²) in [5.41, 5.74) is -0.920. The van der Waals surface area contributed by atoms with Gasteiger partial charge in [-0.25, -0.2) is 4.39 Å². The summed E-state index contributed by atoms with van der Waals surface area (Å²) >= 11 is 0. The molecule has 0 saturated carbocycles. The van der Waals surface area contributed by atoms with Crippen LogP contribution in [0.5, 0.6) is 5.75 Å². The van der Waals surface area contributed by atoms with E-state index in [9.17, 15) is 17.6 Å². The molecule has 15 heavy (non-hydrogen) atoms. The number of ether oxygens (including phenoxy) is 1. The smallest absolute Gasteiger partial charge is 0.404 e. The van der Waals surface area contributed by atoms with Crippen molar-refractivity contribution < 1.29 is 22.3 Å². The summed E-state index contributed by atoms with van der Waals surface area (Å²) in [7, 11) is 0. The van der Waals surface area contributed by atoms with Crippen molar-refractivity contribution in [2.24, 2.45) is 0 Å². The third-order valence-corrected chi connectivity index (χ3v) is 1.46. The van der Waals surface area contributed by atoms with Crippen molar-refractivity contribution in [2.75, 3.05) is 0 Å². The van der Waals surface area contributed by atoms with Gasteiger partial charge in [0.25, 0.3) is 0 Å². The van der Waals surface area contributed by atoms with E-state index >= 15 is 0 Å². The van der Waals surface area contributed by atoms with E-state index in [-0.39, 0.29) is 5.69 Å². The van der Waals surface area contributed by atoms with E-state index in [4.69, 9.17) is 5.26 Å². The van der Waals surface area contributed by atoms with Crippen molar-refractivity contribution in [1.29, 1.82) is 5.26 Å². The van der Waals surface area contributed by atoms with Gasteiger partial charge < -0.3 is 4.74 Å². The first-order valence-electron chi connectivity index (χ1n) is 3.67. The average molecular weight is 220 g/mol. The van der Waals surface area contributed by atoms with Gasteiger partial charge in [0.1, 0.15) is 18.3 Å². The molecule has 1 aromatic rings. The largest absolute Gasteiger partial charge is 0.573 e. The van der Waals surface area contributed by atoms with Crippen molar-refractivity contribution in [3.05, 3.63) is 23.5 Å². The number of halogens is 4. The highest BCUT2D eigenvalue weighted by Crippen LogP contribution is 2.27. The van der Waals surface area contributed by atoms with E-state index in [0.717, 1.165) is 12.3 Å². The summed E-state index contributed by atoms with van der Waals surface area (Å²) in [5, 5.41) is 8.52. The SMILES string of the molecule is N#Cc1c(OC(F)(F)F)ccnc1CF. The van der Waals surface area contributed by atoms with E-state index in [0.29, 0.717) is 0 Å². The fourth-order valence-corrected chi connectivity index (χ4v) is 0.916. The number of hydrogen-bond donors (Lipinski definition) is 0. The number of alkyl halides is 4. The van der Waals surface area contributed by atoms with Crippen molar-refractivity contribution in [3.8, 4) is 11.8 Å². The van der Waals surface area contributed by atoms with Crippen molar-refractivity contribution in [2.45, 2.75) is 13.0 Å². The van der Waals surface area contributed by atoms with Crippen LogP contribution in [0.2, 0.25) is 0 Å². The zero-order chi connectivity index (χ0) is 11.5. The van der Waals surface area contributed by atoms with Gasteiger partial charge in [-0.3, -0.25) is 4.98 Å². The standard InChI is InChI=1S/C8H4F4N2O/c9-3-6-5(4-13)7(1-2-14-6)15-8(10,11)12/h1-2H,3H2. The van der Waals surface area contributed by atoms with Gasteiger partial charge in [-0.05, 0) is 0 Å². The van der Waals surface area contributed by atoms with Crippen molar-refractivity contribution in [3.63, 3.8) is 0 Å². The van der Waals surface area contributed by atoms with Gasteiger partial charge in [-0.2, -0.15) is 5.26 Å². The fourth-order valence-electron chi connectivity index (χ4n) is 0.916. The maximum atomic E-state index is 12.2. The van der Waals surface area contributed by atoms with E-state index in [1.54, 1.807) is 0 Å². The van der Waals surface area contributed by atoms with Crippen molar-refractivity contribution >= 4 is 0 Å². The van der Waals surface area contributed by atoms with E-state index in [1.807, 2.05) is 0 Å². The number of rotatable bonds is 2. The summed E-state index contributed by atoms with van der Waals surface area (Å²) in [6, 6.07) is 2.26. The molecule has 0 saturated heterocycles. The molecule has 0 amide bonds. The first kappa shape index (κ1) is 11.2. The molecule has 1 aromatic heterocycles. The van der Waals surface area contributed by atoms with Crippen molar-refractivity contribution in [1.82, 2.24) is 4.98 Å². The molecule has 0 unspecified atom stereocenters. The maximum absolute atomic E-state index is 12.2. The van der Waals surface area contributed by atoms with Crippen LogP contribution in [0.4, 0.5) is 17.6 Å². The Morgan fingerprint density at radius 1 is 1.47 bits per heavy atom. The van der Waals surface area contributed by atoms with Gasteiger partial charge in [-0.15, -0.1) is 13.2 Å². The van der Waals surface area contributed by atoms with Gasteiger partial charge in [-0.1, -0.05) is 0 Å². The summed E-state index contributed by atoms with van der Waals surface area (Å²) in [5.74, 6) is -0.743. The lowest BCUT2D eigenvalue weighted by Crippen LogP contribution is -2.18. The van der Waals surface area contributed by atoms with Crippen LogP contribution in [0.1, 0.15) is 11.3 Å². The lowest BCUT2D eigenvalue weighted by molar-refractivity contribution is -0.274. The summed E-state index contributed by atoms with van der Waals surface area (Å²) in [6.45, 7) is -1.13. The Balaban J connectivity index is 3.14. The zero-order valence-corrected chi connectivity index (χ0v) is 7.18. The first-order chi connectivity index (χ1) is 6.98. The lowest BCUT2D eigenvalue weighted by Gasteiger charge is -2.10. The van der Waals surface area contributed by atoms with Crippen LogP contribution >= 0.6 is 0 Å². The Kier molecular flexibility index (Phi) is 3.09. The van der Waals surface area contributed by atoms with Gasteiger partial charge >= 0.3 is 6.36 Å². The van der Waals surface area contributed by atoms with Gasteiger partial charge in [0.15, 0.2) is 5.75 Å². The first-order valence-corrected chi connectivity index (χ1v) is 3.67. The molecule has 80 valence electrons. The average Bonchev–Trinajstić information content (AvgIpc) is 2.15. The number of hydrogen-bond acceptors (Lipinski definition) is 3. The third kappa shape index (κ3) is 2.80. The minimum absolute atomic E-state index is 0.376. The van der Waals surface area contributed by atoms with E-state index in [1.165, 1.54) is 6.07 Å². The number of aromatic nitrogens is 1. The molecule has 7 heteroatoms. The highest BCUT2D eigenvalue weighted by atomic mass is 19.4. The van der Waals surface area contributed by atoms with Gasteiger partial charge in [0.05, 0.1) is 5.69 Å². The number of nitriles is 1. The molecule has 1 heterocycles. The maximum Gasteiger partial charge on any atom is 0.573 e. The molecule has 0 bridgehead atoms. The Hall–Kier alpha value is -1.84. The molecule has 0 radical (unpaired) electrons. The second-order valence-electron chi connectivity index (χ2n) is 2.42. The monoisotopic (exact) mass is 220 g/mol. The number of nitrogens with zero attached hydrogens (tertiary/aromatic N) is 2. The molecule has 3 nitrogen and oxygen atoms in total. The topological polar surface area (TPSA) is 45.9 Å². The minimum atomic E-state index is -4.92. The molecule has 0 aliphatic rings. The molecule has 0 aromatic carbocycles. The molecule has 1 rings (SSSR count). The quantitative estimate of drug-likeness (QED) is 0.718. The second kappa shape index (κ2) is 4.13. The predicted octanol–water partition coefficient (Wildman–Crippen LogP) is 2.32. The normalized spacial score (nSPS) is 10.9. The van der Waals surface area contributed by atoms with E-state index < -0.39 is 24.3 Å². The Morgan fingerprint density at radius 2 is 2.13 bits per heavy atom. The predicted molar refractivity (Wildman–Crippen MR) is 40.4 cm³/mol. The minimum Gasteiger partial charge on any atom is -0.404 e. The fraction of sp³-hybridized carbons (Fsp3) is 0.250. The van der Waals surface area contributed by atoms with Crippen LogP contribution in [0.3, 0.4) is 0 Å².